The number of hydrogen-bond acceptors (Lipinski definition) is 4. The van der Waals surface area contributed by atoms with E-state index < -0.39 is 11.7 Å². The fourth-order valence-corrected chi connectivity index (χ4v) is 1.86. The molecule has 2 aromatic rings. The van der Waals surface area contributed by atoms with Crippen molar-refractivity contribution in [3.05, 3.63) is 41.7 Å². The van der Waals surface area contributed by atoms with Gasteiger partial charge in [0.05, 0.1) is 0 Å². The predicted molar refractivity (Wildman–Crippen MR) is 76.8 cm³/mol. The van der Waals surface area contributed by atoms with E-state index in [0.717, 1.165) is 0 Å². The molecule has 3 N–H and O–H groups in total. The van der Waals surface area contributed by atoms with Crippen molar-refractivity contribution >= 4 is 5.91 Å². The Morgan fingerprint density at radius 2 is 2.14 bits per heavy atom. The fourth-order valence-electron chi connectivity index (χ4n) is 1.86. The number of aromatic nitrogens is 3. The Morgan fingerprint density at radius 3 is 2.76 bits per heavy atom. The molecule has 112 valence electrons. The first-order valence-electron chi connectivity index (χ1n) is 6.74. The molecule has 2 rings (SSSR count). The molecule has 0 atom stereocenters. The number of carbonyl (C=O) groups excluding carboxylic acids is 1. The van der Waals surface area contributed by atoms with Crippen molar-refractivity contribution in [1.82, 2.24) is 20.1 Å². The van der Waals surface area contributed by atoms with Gasteiger partial charge in [-0.2, -0.15) is 0 Å². The zero-order valence-electron chi connectivity index (χ0n) is 12.0. The van der Waals surface area contributed by atoms with E-state index in [2.05, 4.69) is 15.4 Å². The first-order valence-corrected chi connectivity index (χ1v) is 6.74. The maximum absolute atomic E-state index is 13.9. The number of para-hydroxylation sites is 1. The van der Waals surface area contributed by atoms with Gasteiger partial charge in [-0.3, -0.25) is 4.79 Å². The molecule has 1 aromatic heterocycles. The van der Waals surface area contributed by atoms with Crippen LogP contribution in [0, 0.1) is 5.82 Å². The molecule has 0 aliphatic heterocycles. The van der Waals surface area contributed by atoms with Crippen LogP contribution in [0.25, 0.3) is 5.69 Å². The lowest BCUT2D eigenvalue weighted by Gasteiger charge is -2.08. The topological polar surface area (TPSA) is 85.8 Å². The molecule has 0 saturated heterocycles. The van der Waals surface area contributed by atoms with Gasteiger partial charge in [0.2, 0.25) is 5.82 Å². The third kappa shape index (κ3) is 3.25. The number of hydrogen-bond donors (Lipinski definition) is 2. The molecule has 0 bridgehead atoms. The highest BCUT2D eigenvalue weighted by molar-refractivity contribution is 5.90. The highest BCUT2D eigenvalue weighted by atomic mass is 19.1. The van der Waals surface area contributed by atoms with Gasteiger partial charge in [0, 0.05) is 19.0 Å². The summed E-state index contributed by atoms with van der Waals surface area (Å²) >= 11 is 0. The van der Waals surface area contributed by atoms with Crippen LogP contribution >= 0.6 is 0 Å². The van der Waals surface area contributed by atoms with Crippen LogP contribution in [0.5, 0.6) is 0 Å². The third-order valence-corrected chi connectivity index (χ3v) is 2.86. The minimum Gasteiger partial charge on any atom is -0.348 e. The Labute approximate surface area is 122 Å². The van der Waals surface area contributed by atoms with E-state index in [4.69, 9.17) is 5.73 Å². The van der Waals surface area contributed by atoms with E-state index >= 15 is 0 Å². The van der Waals surface area contributed by atoms with Crippen LogP contribution in [0.15, 0.2) is 24.3 Å². The van der Waals surface area contributed by atoms with Gasteiger partial charge in [0.1, 0.15) is 17.3 Å². The van der Waals surface area contributed by atoms with Gasteiger partial charge in [0.15, 0.2) is 0 Å². The molecule has 0 radical (unpaired) electrons. The van der Waals surface area contributed by atoms with Crippen LogP contribution in [-0.2, 0) is 0 Å². The Hall–Kier alpha value is -2.28. The quantitative estimate of drug-likeness (QED) is 0.867. The lowest BCUT2D eigenvalue weighted by molar-refractivity contribution is 0.0944. The Balaban J connectivity index is 2.43. The minimum absolute atomic E-state index is 0.00633. The van der Waals surface area contributed by atoms with Crippen molar-refractivity contribution in [3.63, 3.8) is 0 Å². The molecule has 0 unspecified atom stereocenters. The number of benzene rings is 1. The lowest BCUT2D eigenvalue weighted by Crippen LogP contribution is -2.29. The van der Waals surface area contributed by atoms with Crippen molar-refractivity contribution in [2.75, 3.05) is 13.1 Å². The maximum Gasteiger partial charge on any atom is 0.291 e. The zero-order chi connectivity index (χ0) is 15.4. The third-order valence-electron chi connectivity index (χ3n) is 2.86. The molecule has 21 heavy (non-hydrogen) atoms. The monoisotopic (exact) mass is 291 g/mol. The van der Waals surface area contributed by atoms with Crippen molar-refractivity contribution in [2.24, 2.45) is 5.73 Å². The molecule has 0 aliphatic carbocycles. The number of nitrogens with one attached hydrogen (secondary N) is 1. The Morgan fingerprint density at radius 1 is 1.43 bits per heavy atom. The summed E-state index contributed by atoms with van der Waals surface area (Å²) in [5.41, 5.74) is 5.61. The summed E-state index contributed by atoms with van der Waals surface area (Å²) in [6, 6.07) is 6.24. The SMILES string of the molecule is CC(C)c1nc(C(=O)NCCN)nn1-c1ccccc1F. The van der Waals surface area contributed by atoms with Gasteiger partial charge in [-0.25, -0.2) is 14.1 Å². The smallest absolute Gasteiger partial charge is 0.291 e. The summed E-state index contributed by atoms with van der Waals surface area (Å²) in [7, 11) is 0. The first kappa shape index (κ1) is 15.1. The number of nitrogens with zero attached hydrogens (tertiary/aromatic N) is 3. The largest absolute Gasteiger partial charge is 0.348 e. The van der Waals surface area contributed by atoms with E-state index in [1.165, 1.54) is 10.7 Å². The molecule has 0 aliphatic rings. The Kier molecular flexibility index (Phi) is 4.64. The van der Waals surface area contributed by atoms with Crippen LogP contribution < -0.4 is 11.1 Å². The summed E-state index contributed by atoms with van der Waals surface area (Å²) in [6.07, 6.45) is 0. The molecule has 0 saturated carbocycles. The van der Waals surface area contributed by atoms with Crippen molar-refractivity contribution < 1.29 is 9.18 Å². The standard InChI is InChI=1S/C14H18FN5O/c1-9(2)13-18-12(14(21)17-8-7-16)19-20(13)11-6-4-3-5-10(11)15/h3-6,9H,7-8,16H2,1-2H3,(H,17,21). The molecule has 0 spiro atoms. The van der Waals surface area contributed by atoms with Crippen LogP contribution in [0.2, 0.25) is 0 Å². The highest BCUT2D eigenvalue weighted by Gasteiger charge is 2.20. The second kappa shape index (κ2) is 6.45. The molecule has 1 amide bonds. The van der Waals surface area contributed by atoms with E-state index in [9.17, 15) is 9.18 Å². The summed E-state index contributed by atoms with van der Waals surface area (Å²) in [5, 5.41) is 6.73. The molecule has 1 aromatic carbocycles. The molecule has 7 heteroatoms. The first-order chi connectivity index (χ1) is 10.0. The second-order valence-corrected chi connectivity index (χ2v) is 4.86. The average molecular weight is 291 g/mol. The minimum atomic E-state index is -0.419. The van der Waals surface area contributed by atoms with Crippen LogP contribution in [0.3, 0.4) is 0 Å². The normalized spacial score (nSPS) is 10.9. The van der Waals surface area contributed by atoms with E-state index in [-0.39, 0.29) is 17.4 Å². The van der Waals surface area contributed by atoms with Gasteiger partial charge in [-0.15, -0.1) is 5.10 Å². The summed E-state index contributed by atoms with van der Waals surface area (Å²) in [5.74, 6) is -0.308. The molecule has 1 heterocycles. The lowest BCUT2D eigenvalue weighted by atomic mass is 10.2. The predicted octanol–water partition coefficient (Wildman–Crippen LogP) is 1.22. The van der Waals surface area contributed by atoms with Crippen molar-refractivity contribution in [2.45, 2.75) is 19.8 Å². The van der Waals surface area contributed by atoms with Gasteiger partial charge in [0.25, 0.3) is 5.91 Å². The maximum atomic E-state index is 13.9. The second-order valence-electron chi connectivity index (χ2n) is 4.86. The van der Waals surface area contributed by atoms with Crippen molar-refractivity contribution in [3.8, 4) is 5.69 Å². The number of nitrogens with two attached hydrogens (primary N) is 1. The summed E-state index contributed by atoms with van der Waals surface area (Å²) in [6.45, 7) is 4.48. The molecule has 0 fully saturated rings. The zero-order valence-corrected chi connectivity index (χ0v) is 12.0. The number of rotatable bonds is 5. The summed E-state index contributed by atoms with van der Waals surface area (Å²) < 4.78 is 15.3. The van der Waals surface area contributed by atoms with E-state index in [1.54, 1.807) is 18.2 Å². The Bertz CT molecular complexity index is 638. The molecule has 6 nitrogen and oxygen atoms in total. The van der Waals surface area contributed by atoms with Crippen molar-refractivity contribution in [1.29, 1.82) is 0 Å². The van der Waals surface area contributed by atoms with Gasteiger partial charge in [-0.05, 0) is 12.1 Å². The van der Waals surface area contributed by atoms with Crippen LogP contribution in [0.4, 0.5) is 4.39 Å². The molecular weight excluding hydrogens is 273 g/mol. The summed E-state index contributed by atoms with van der Waals surface area (Å²) in [4.78, 5) is 16.1. The number of amides is 1. The van der Waals surface area contributed by atoms with Gasteiger partial charge < -0.3 is 11.1 Å². The highest BCUT2D eigenvalue weighted by Crippen LogP contribution is 2.19. The van der Waals surface area contributed by atoms with E-state index in [0.29, 0.717) is 18.9 Å². The average Bonchev–Trinajstić information content (AvgIpc) is 2.90. The van der Waals surface area contributed by atoms with Crippen LogP contribution in [0.1, 0.15) is 36.2 Å². The fraction of sp³-hybridized carbons (Fsp3) is 0.357. The van der Waals surface area contributed by atoms with Crippen LogP contribution in [-0.4, -0.2) is 33.8 Å². The molecular formula is C14H18FN5O. The van der Waals surface area contributed by atoms with E-state index in [1.807, 2.05) is 13.8 Å². The van der Waals surface area contributed by atoms with Gasteiger partial charge >= 0.3 is 0 Å². The number of carbonyl (C=O) groups is 1. The van der Waals surface area contributed by atoms with Gasteiger partial charge in [-0.1, -0.05) is 26.0 Å². The number of halogens is 1.